The maximum atomic E-state index is 12.9. The van der Waals surface area contributed by atoms with Crippen molar-refractivity contribution in [1.82, 2.24) is 0 Å². The van der Waals surface area contributed by atoms with Crippen LogP contribution in [0.25, 0.3) is 0 Å². The molecular formula is C15H12BrClF3NO4S. The van der Waals surface area contributed by atoms with Crippen LogP contribution in [0.15, 0.2) is 39.7 Å². The third kappa shape index (κ3) is 4.36. The van der Waals surface area contributed by atoms with Crippen molar-refractivity contribution in [2.45, 2.75) is 11.1 Å². The molecule has 142 valence electrons. The Balaban J connectivity index is 2.47. The van der Waals surface area contributed by atoms with Crippen LogP contribution >= 0.6 is 27.5 Å². The Kier molecular flexibility index (Phi) is 5.99. The summed E-state index contributed by atoms with van der Waals surface area (Å²) in [6.45, 7) is 0. The SMILES string of the molecule is COc1cc(Br)c(S(=O)(=O)Nc2ccc(Cl)c(C(F)(F)F)c2)cc1OC. The number of ether oxygens (including phenoxy) is 2. The van der Waals surface area contributed by atoms with Crippen LogP contribution in [0.4, 0.5) is 18.9 Å². The molecule has 0 fully saturated rings. The summed E-state index contributed by atoms with van der Waals surface area (Å²) in [6.07, 6.45) is -4.72. The van der Waals surface area contributed by atoms with Crippen molar-refractivity contribution in [3.05, 3.63) is 45.4 Å². The summed E-state index contributed by atoms with van der Waals surface area (Å²) in [4.78, 5) is -0.237. The fourth-order valence-corrected chi connectivity index (χ4v) is 4.37. The minimum absolute atomic E-state index is 0.142. The summed E-state index contributed by atoms with van der Waals surface area (Å²) in [5, 5.41) is -0.534. The number of methoxy groups -OCH3 is 2. The molecule has 0 spiro atoms. The van der Waals surface area contributed by atoms with Crippen LogP contribution in [-0.4, -0.2) is 22.6 Å². The van der Waals surface area contributed by atoms with Gasteiger partial charge in [0.2, 0.25) is 0 Å². The first-order chi connectivity index (χ1) is 12.0. The molecule has 0 atom stereocenters. The van der Waals surface area contributed by atoms with E-state index in [0.717, 1.165) is 12.1 Å². The van der Waals surface area contributed by atoms with Crippen molar-refractivity contribution in [2.75, 3.05) is 18.9 Å². The van der Waals surface area contributed by atoms with Gasteiger partial charge in [0, 0.05) is 16.2 Å². The lowest BCUT2D eigenvalue weighted by Crippen LogP contribution is -2.15. The Hall–Kier alpha value is -1.65. The van der Waals surface area contributed by atoms with Gasteiger partial charge >= 0.3 is 6.18 Å². The lowest BCUT2D eigenvalue weighted by Gasteiger charge is -2.15. The van der Waals surface area contributed by atoms with Gasteiger partial charge in [-0.15, -0.1) is 0 Å². The number of rotatable bonds is 5. The molecule has 0 aliphatic carbocycles. The first-order valence-electron chi connectivity index (χ1n) is 6.80. The maximum absolute atomic E-state index is 12.9. The number of sulfonamides is 1. The molecule has 0 unspecified atom stereocenters. The zero-order valence-electron chi connectivity index (χ0n) is 13.3. The van der Waals surface area contributed by atoms with Gasteiger partial charge in [-0.3, -0.25) is 4.72 Å². The highest BCUT2D eigenvalue weighted by molar-refractivity contribution is 9.10. The topological polar surface area (TPSA) is 64.6 Å². The third-order valence-electron chi connectivity index (χ3n) is 3.25. The molecule has 0 bridgehead atoms. The van der Waals surface area contributed by atoms with E-state index < -0.39 is 26.8 Å². The first-order valence-corrected chi connectivity index (χ1v) is 9.46. The molecule has 26 heavy (non-hydrogen) atoms. The van der Waals surface area contributed by atoms with E-state index in [1.54, 1.807) is 0 Å². The molecule has 11 heteroatoms. The number of hydrogen-bond acceptors (Lipinski definition) is 4. The van der Waals surface area contributed by atoms with E-state index in [9.17, 15) is 21.6 Å². The third-order valence-corrected chi connectivity index (χ3v) is 5.92. The monoisotopic (exact) mass is 473 g/mol. The highest BCUT2D eigenvalue weighted by atomic mass is 79.9. The summed E-state index contributed by atoms with van der Waals surface area (Å²) >= 11 is 8.63. The zero-order chi connectivity index (χ0) is 19.7. The molecule has 0 radical (unpaired) electrons. The summed E-state index contributed by atoms with van der Waals surface area (Å²) in [7, 11) is -1.52. The quantitative estimate of drug-likeness (QED) is 0.667. The molecule has 0 heterocycles. The summed E-state index contributed by atoms with van der Waals surface area (Å²) in [5.74, 6) is 0.423. The smallest absolute Gasteiger partial charge is 0.417 e. The summed E-state index contributed by atoms with van der Waals surface area (Å²) in [5.41, 5.74) is -1.44. The lowest BCUT2D eigenvalue weighted by molar-refractivity contribution is -0.137. The van der Waals surface area contributed by atoms with Crippen molar-refractivity contribution in [3.63, 3.8) is 0 Å². The largest absolute Gasteiger partial charge is 0.493 e. The van der Waals surface area contributed by atoms with E-state index >= 15 is 0 Å². The van der Waals surface area contributed by atoms with E-state index in [1.165, 1.54) is 26.4 Å². The lowest BCUT2D eigenvalue weighted by atomic mass is 10.2. The van der Waals surface area contributed by atoms with Gasteiger partial charge in [0.1, 0.15) is 4.90 Å². The summed E-state index contributed by atoms with van der Waals surface area (Å²) < 4.78 is 76.3. The Morgan fingerprint density at radius 3 is 2.19 bits per heavy atom. The minimum Gasteiger partial charge on any atom is -0.493 e. The average molecular weight is 475 g/mol. The molecule has 2 aromatic rings. The van der Waals surface area contributed by atoms with Gasteiger partial charge in [0.25, 0.3) is 10.0 Å². The molecule has 5 nitrogen and oxygen atoms in total. The highest BCUT2D eigenvalue weighted by Crippen LogP contribution is 2.38. The maximum Gasteiger partial charge on any atom is 0.417 e. The van der Waals surface area contributed by atoms with Gasteiger partial charge in [0.15, 0.2) is 11.5 Å². The van der Waals surface area contributed by atoms with E-state index in [4.69, 9.17) is 21.1 Å². The van der Waals surface area contributed by atoms with Gasteiger partial charge in [-0.05, 0) is 40.2 Å². The number of anilines is 1. The highest BCUT2D eigenvalue weighted by Gasteiger charge is 2.34. The van der Waals surface area contributed by atoms with Crippen LogP contribution in [-0.2, 0) is 16.2 Å². The molecule has 0 aliphatic heterocycles. The molecule has 0 saturated carbocycles. The van der Waals surface area contributed by atoms with Crippen LogP contribution in [0, 0.1) is 0 Å². The molecule has 2 aromatic carbocycles. The molecule has 2 rings (SSSR count). The van der Waals surface area contributed by atoms with Crippen molar-refractivity contribution >= 4 is 43.2 Å². The predicted molar refractivity (Wildman–Crippen MR) is 94.5 cm³/mol. The Morgan fingerprint density at radius 1 is 1.08 bits per heavy atom. The predicted octanol–water partition coefficient (Wildman–Crippen LogP) is 4.94. The minimum atomic E-state index is -4.72. The molecule has 0 aliphatic rings. The van der Waals surface area contributed by atoms with E-state index in [1.807, 2.05) is 0 Å². The summed E-state index contributed by atoms with van der Waals surface area (Å²) in [6, 6.07) is 5.27. The number of hydrogen-bond donors (Lipinski definition) is 1. The second kappa shape index (κ2) is 7.53. The Bertz CT molecular complexity index is 935. The first kappa shape index (κ1) is 20.7. The van der Waals surface area contributed by atoms with Gasteiger partial charge in [-0.25, -0.2) is 8.42 Å². The van der Waals surface area contributed by atoms with Gasteiger partial charge in [-0.2, -0.15) is 13.2 Å². The second-order valence-electron chi connectivity index (χ2n) is 4.94. The molecule has 0 saturated heterocycles. The van der Waals surface area contributed by atoms with Gasteiger partial charge in [-0.1, -0.05) is 11.6 Å². The number of nitrogens with one attached hydrogen (secondary N) is 1. The van der Waals surface area contributed by atoms with Gasteiger partial charge in [0.05, 0.1) is 24.8 Å². The van der Waals surface area contributed by atoms with E-state index in [0.29, 0.717) is 6.07 Å². The standard InChI is InChI=1S/C15H12BrClF3NO4S/c1-24-12-6-10(16)14(7-13(12)25-2)26(22,23)21-8-3-4-11(17)9(5-8)15(18,19)20/h3-7,21H,1-2H3. The number of halogens is 5. The van der Waals surface area contributed by atoms with Gasteiger partial charge < -0.3 is 9.47 Å². The molecule has 1 N–H and O–H groups in total. The normalized spacial score (nSPS) is 12.0. The Labute approximate surface area is 161 Å². The second-order valence-corrected chi connectivity index (χ2v) is 7.85. The fraction of sp³-hybridized carbons (Fsp3) is 0.200. The number of benzene rings is 2. The average Bonchev–Trinajstić information content (AvgIpc) is 2.54. The van der Waals surface area contributed by atoms with Crippen LogP contribution in [0.5, 0.6) is 11.5 Å². The van der Waals surface area contributed by atoms with E-state index in [2.05, 4.69) is 20.7 Å². The fourth-order valence-electron chi connectivity index (χ4n) is 2.06. The zero-order valence-corrected chi connectivity index (χ0v) is 16.5. The van der Waals surface area contributed by atoms with Crippen LogP contribution < -0.4 is 14.2 Å². The molecule has 0 aromatic heterocycles. The van der Waals surface area contributed by atoms with E-state index in [-0.39, 0.29) is 26.6 Å². The van der Waals surface area contributed by atoms with Crippen LogP contribution in [0.1, 0.15) is 5.56 Å². The van der Waals surface area contributed by atoms with Crippen LogP contribution in [0.3, 0.4) is 0 Å². The van der Waals surface area contributed by atoms with Crippen LogP contribution in [0.2, 0.25) is 5.02 Å². The van der Waals surface area contributed by atoms with Crippen molar-refractivity contribution in [2.24, 2.45) is 0 Å². The molecule has 0 amide bonds. The van der Waals surface area contributed by atoms with Crippen molar-refractivity contribution in [1.29, 1.82) is 0 Å². The van der Waals surface area contributed by atoms with Crippen molar-refractivity contribution in [3.8, 4) is 11.5 Å². The van der Waals surface area contributed by atoms with Crippen molar-refractivity contribution < 1.29 is 31.1 Å². The Morgan fingerprint density at radius 2 is 1.65 bits per heavy atom. The number of alkyl halides is 3. The molecular weight excluding hydrogens is 463 g/mol.